The summed E-state index contributed by atoms with van der Waals surface area (Å²) in [4.78, 5) is 19.7. The minimum Gasteiger partial charge on any atom is -0.337 e. The second kappa shape index (κ2) is 10.0. The number of nitrogens with zero attached hydrogens (tertiary/aromatic N) is 3. The summed E-state index contributed by atoms with van der Waals surface area (Å²) < 4.78 is 13.8. The maximum atomic E-state index is 13.8. The number of halogens is 3. The molecule has 0 spiro atoms. The lowest BCUT2D eigenvalue weighted by Crippen LogP contribution is -2.53. The average Bonchev–Trinajstić information content (AvgIpc) is 2.85. The fourth-order valence-electron chi connectivity index (χ4n) is 4.88. The summed E-state index contributed by atoms with van der Waals surface area (Å²) in [5.41, 5.74) is 4.61. The molecule has 7 heteroatoms. The number of rotatable bonds is 4. The Balaban J connectivity index is 1.27. The molecule has 35 heavy (non-hydrogen) atoms. The van der Waals surface area contributed by atoms with Crippen molar-refractivity contribution in [1.82, 2.24) is 9.80 Å². The number of para-hydroxylation sites is 1. The van der Waals surface area contributed by atoms with E-state index in [-0.39, 0.29) is 17.0 Å². The molecule has 0 radical (unpaired) electrons. The molecular formula is C28H26Cl2FN3O. The van der Waals surface area contributed by atoms with Crippen molar-refractivity contribution in [3.63, 3.8) is 0 Å². The van der Waals surface area contributed by atoms with E-state index in [9.17, 15) is 9.18 Å². The smallest absolute Gasteiger partial charge is 0.255 e. The highest BCUT2D eigenvalue weighted by Gasteiger charge is 2.29. The van der Waals surface area contributed by atoms with E-state index >= 15 is 0 Å². The number of hydrogen-bond acceptors (Lipinski definition) is 3. The van der Waals surface area contributed by atoms with Crippen molar-refractivity contribution in [2.45, 2.75) is 19.5 Å². The van der Waals surface area contributed by atoms with E-state index in [0.29, 0.717) is 36.8 Å². The monoisotopic (exact) mass is 509 g/mol. The molecule has 3 aromatic carbocycles. The first-order chi connectivity index (χ1) is 16.9. The van der Waals surface area contributed by atoms with Gasteiger partial charge in [0.1, 0.15) is 5.82 Å². The Bertz CT molecular complexity index is 1290. The molecule has 180 valence electrons. The first-order valence-electron chi connectivity index (χ1n) is 11.7. The largest absolute Gasteiger partial charge is 0.337 e. The molecule has 2 aliphatic heterocycles. The zero-order chi connectivity index (χ0) is 24.5. The second-order valence-electron chi connectivity index (χ2n) is 9.07. The third-order valence-electron chi connectivity index (χ3n) is 6.67. The SMILES string of the molecule is C[C@H]1CN(Cc2ccc(Cl)c(F)c2)CCN1C(=O)c1ccc(N2CC=Cc3ccccc32)cc1Cl. The maximum absolute atomic E-state index is 13.8. The second-order valence-corrected chi connectivity index (χ2v) is 9.88. The highest BCUT2D eigenvalue weighted by Crippen LogP contribution is 2.34. The van der Waals surface area contributed by atoms with Gasteiger partial charge in [-0.3, -0.25) is 9.69 Å². The predicted octanol–water partition coefficient (Wildman–Crippen LogP) is 6.64. The van der Waals surface area contributed by atoms with E-state index in [1.165, 1.54) is 6.07 Å². The summed E-state index contributed by atoms with van der Waals surface area (Å²) in [6.45, 7) is 5.37. The van der Waals surface area contributed by atoms with Gasteiger partial charge >= 0.3 is 0 Å². The number of carbonyl (C=O) groups is 1. The molecule has 0 N–H and O–H groups in total. The summed E-state index contributed by atoms with van der Waals surface area (Å²) in [6.07, 6.45) is 4.24. The Labute approximate surface area is 215 Å². The first kappa shape index (κ1) is 23.9. The Hall–Kier alpha value is -2.86. The highest BCUT2D eigenvalue weighted by molar-refractivity contribution is 6.34. The number of piperazine rings is 1. The average molecular weight is 510 g/mol. The third kappa shape index (κ3) is 4.94. The normalized spacial score (nSPS) is 18.0. The molecule has 1 fully saturated rings. The van der Waals surface area contributed by atoms with E-state index < -0.39 is 5.82 Å². The lowest BCUT2D eigenvalue weighted by atomic mass is 10.1. The van der Waals surface area contributed by atoms with Gasteiger partial charge in [0.05, 0.1) is 15.6 Å². The van der Waals surface area contributed by atoms with Gasteiger partial charge in [0, 0.05) is 50.1 Å². The number of fused-ring (bicyclic) bond motifs is 1. The number of hydrogen-bond donors (Lipinski definition) is 0. The standard InChI is InChI=1S/C28H26Cl2FN3O/c1-19-17-32(18-20-8-11-24(29)26(31)15-20)13-14-33(19)28(35)23-10-9-22(16-25(23)30)34-12-4-6-21-5-2-3-7-27(21)34/h2-11,15-16,19H,12-14,17-18H2,1H3/t19-/m0/s1. The van der Waals surface area contributed by atoms with Gasteiger partial charge in [0.15, 0.2) is 0 Å². The van der Waals surface area contributed by atoms with Crippen molar-refractivity contribution in [3.8, 4) is 0 Å². The molecule has 3 aromatic rings. The number of amides is 1. The van der Waals surface area contributed by atoms with Gasteiger partial charge in [-0.25, -0.2) is 4.39 Å². The maximum Gasteiger partial charge on any atom is 0.255 e. The molecule has 4 nitrogen and oxygen atoms in total. The van der Waals surface area contributed by atoms with E-state index in [4.69, 9.17) is 23.2 Å². The van der Waals surface area contributed by atoms with Crippen LogP contribution < -0.4 is 4.90 Å². The molecule has 0 aliphatic carbocycles. The molecule has 1 amide bonds. The Kier molecular flexibility index (Phi) is 6.83. The predicted molar refractivity (Wildman–Crippen MR) is 141 cm³/mol. The van der Waals surface area contributed by atoms with Crippen molar-refractivity contribution in [2.75, 3.05) is 31.1 Å². The van der Waals surface area contributed by atoms with Crippen LogP contribution in [0.4, 0.5) is 15.8 Å². The molecule has 1 atom stereocenters. The van der Waals surface area contributed by atoms with Crippen LogP contribution in [0.15, 0.2) is 66.7 Å². The van der Waals surface area contributed by atoms with Gasteiger partial charge < -0.3 is 9.80 Å². The van der Waals surface area contributed by atoms with Crippen LogP contribution in [0.2, 0.25) is 10.0 Å². The van der Waals surface area contributed by atoms with Crippen molar-refractivity contribution >= 4 is 46.6 Å². The van der Waals surface area contributed by atoms with Gasteiger partial charge in [-0.1, -0.05) is 59.6 Å². The molecule has 2 aliphatic rings. The summed E-state index contributed by atoms with van der Waals surface area (Å²) >= 11 is 12.5. The van der Waals surface area contributed by atoms with E-state index in [1.54, 1.807) is 6.07 Å². The first-order valence-corrected chi connectivity index (χ1v) is 12.5. The lowest BCUT2D eigenvalue weighted by Gasteiger charge is -2.40. The summed E-state index contributed by atoms with van der Waals surface area (Å²) in [6, 6.07) is 18.8. The number of carbonyl (C=O) groups excluding carboxylic acids is 1. The van der Waals surface area contributed by atoms with Crippen LogP contribution in [0.3, 0.4) is 0 Å². The molecule has 2 heterocycles. The van der Waals surface area contributed by atoms with Crippen molar-refractivity contribution in [1.29, 1.82) is 0 Å². The van der Waals surface area contributed by atoms with Crippen molar-refractivity contribution in [2.24, 2.45) is 0 Å². The van der Waals surface area contributed by atoms with Crippen LogP contribution in [-0.4, -0.2) is 47.9 Å². The fraction of sp³-hybridized carbons (Fsp3) is 0.250. The topological polar surface area (TPSA) is 26.8 Å². The zero-order valence-electron chi connectivity index (χ0n) is 19.4. The molecule has 1 saturated heterocycles. The Morgan fingerprint density at radius 1 is 1.03 bits per heavy atom. The lowest BCUT2D eigenvalue weighted by molar-refractivity contribution is 0.0475. The molecular weight excluding hydrogens is 484 g/mol. The Morgan fingerprint density at radius 3 is 2.63 bits per heavy atom. The zero-order valence-corrected chi connectivity index (χ0v) is 20.9. The van der Waals surface area contributed by atoms with E-state index in [1.807, 2.05) is 48.2 Å². The Morgan fingerprint density at radius 2 is 1.86 bits per heavy atom. The van der Waals surface area contributed by atoms with Crippen molar-refractivity contribution < 1.29 is 9.18 Å². The quantitative estimate of drug-likeness (QED) is 0.394. The van der Waals surface area contributed by atoms with Crippen LogP contribution in [0.1, 0.15) is 28.4 Å². The van der Waals surface area contributed by atoms with Gasteiger partial charge in [-0.2, -0.15) is 0 Å². The number of benzene rings is 3. The molecule has 5 rings (SSSR count). The van der Waals surface area contributed by atoms with Gasteiger partial charge in [-0.15, -0.1) is 0 Å². The van der Waals surface area contributed by atoms with E-state index in [2.05, 4.69) is 34.1 Å². The fourth-order valence-corrected chi connectivity index (χ4v) is 5.25. The summed E-state index contributed by atoms with van der Waals surface area (Å²) in [5.74, 6) is -0.474. The highest BCUT2D eigenvalue weighted by atomic mass is 35.5. The van der Waals surface area contributed by atoms with E-state index in [0.717, 1.165) is 29.0 Å². The molecule has 0 aromatic heterocycles. The third-order valence-corrected chi connectivity index (χ3v) is 7.29. The molecule has 0 bridgehead atoms. The molecule has 0 saturated carbocycles. The van der Waals surface area contributed by atoms with Crippen molar-refractivity contribution in [3.05, 3.63) is 99.3 Å². The van der Waals surface area contributed by atoms with Gasteiger partial charge in [-0.05, 0) is 54.4 Å². The van der Waals surface area contributed by atoms with Gasteiger partial charge in [0.2, 0.25) is 0 Å². The summed E-state index contributed by atoms with van der Waals surface area (Å²) in [5, 5.41) is 0.576. The van der Waals surface area contributed by atoms with Crippen LogP contribution in [0, 0.1) is 5.82 Å². The van der Waals surface area contributed by atoms with Crippen LogP contribution in [0.5, 0.6) is 0 Å². The minimum absolute atomic E-state index is 0.00301. The number of anilines is 2. The van der Waals surface area contributed by atoms with Gasteiger partial charge in [0.25, 0.3) is 5.91 Å². The van der Waals surface area contributed by atoms with Crippen LogP contribution in [-0.2, 0) is 6.54 Å². The van der Waals surface area contributed by atoms with Crippen LogP contribution in [0.25, 0.3) is 6.08 Å². The van der Waals surface area contributed by atoms with Crippen LogP contribution >= 0.6 is 23.2 Å². The minimum atomic E-state index is -0.409. The molecule has 0 unspecified atom stereocenters. The summed E-state index contributed by atoms with van der Waals surface area (Å²) in [7, 11) is 0.